The standard InChI is InChI=1S/C28H47N7O2/c1-4-37-27(36)22-35-19-12-31-26(35)20-29-10-6-25-30-11-18-34(25)14-5-13-33-17-9-28(23-33)7-15-32(16-8-28)21-24(2)3/h11-12,18-19,24,29H,4-10,13-17,20-23H2,1-3H3. The van der Waals surface area contributed by atoms with Gasteiger partial charge in [-0.15, -0.1) is 0 Å². The van der Waals surface area contributed by atoms with E-state index in [1.807, 2.05) is 23.9 Å². The fourth-order valence-electron chi connectivity index (χ4n) is 5.99. The number of aryl methyl sites for hydroxylation is 1. The van der Waals surface area contributed by atoms with Gasteiger partial charge in [0.05, 0.1) is 13.2 Å². The van der Waals surface area contributed by atoms with E-state index in [0.29, 0.717) is 18.6 Å². The van der Waals surface area contributed by atoms with Gasteiger partial charge in [0, 0.05) is 57.4 Å². The van der Waals surface area contributed by atoms with E-state index in [2.05, 4.69) is 49.7 Å². The Balaban J connectivity index is 1.13. The Morgan fingerprint density at radius 1 is 1.03 bits per heavy atom. The van der Waals surface area contributed by atoms with Crippen molar-refractivity contribution >= 4 is 5.97 Å². The number of rotatable bonds is 14. The first-order chi connectivity index (χ1) is 18.0. The largest absolute Gasteiger partial charge is 0.465 e. The number of hydrogen-bond acceptors (Lipinski definition) is 7. The van der Waals surface area contributed by atoms with Gasteiger partial charge in [-0.25, -0.2) is 9.97 Å². The molecule has 0 unspecified atom stereocenters. The van der Waals surface area contributed by atoms with Gasteiger partial charge in [0.25, 0.3) is 0 Å². The van der Waals surface area contributed by atoms with Crippen LogP contribution in [-0.4, -0.2) is 87.3 Å². The van der Waals surface area contributed by atoms with Gasteiger partial charge in [-0.2, -0.15) is 0 Å². The van der Waals surface area contributed by atoms with Gasteiger partial charge in [-0.3, -0.25) is 4.79 Å². The van der Waals surface area contributed by atoms with Crippen LogP contribution in [0.25, 0.3) is 0 Å². The summed E-state index contributed by atoms with van der Waals surface area (Å²) in [5.74, 6) is 2.49. The summed E-state index contributed by atoms with van der Waals surface area (Å²) < 4.78 is 9.19. The van der Waals surface area contributed by atoms with Gasteiger partial charge in [0.1, 0.15) is 18.2 Å². The van der Waals surface area contributed by atoms with E-state index >= 15 is 0 Å². The molecule has 2 aromatic heterocycles. The molecule has 37 heavy (non-hydrogen) atoms. The molecule has 0 bridgehead atoms. The quantitative estimate of drug-likeness (QED) is 0.307. The van der Waals surface area contributed by atoms with Gasteiger partial charge >= 0.3 is 5.97 Å². The third-order valence-corrected chi connectivity index (χ3v) is 7.95. The normalized spacial score (nSPS) is 18.3. The summed E-state index contributed by atoms with van der Waals surface area (Å²) >= 11 is 0. The first kappa shape index (κ1) is 27.8. The summed E-state index contributed by atoms with van der Waals surface area (Å²) in [7, 11) is 0. The molecule has 4 rings (SSSR count). The first-order valence-electron chi connectivity index (χ1n) is 14.3. The number of imidazole rings is 2. The van der Waals surface area contributed by atoms with Crippen LogP contribution in [0.1, 0.15) is 58.1 Å². The Bertz CT molecular complexity index is 961. The SMILES string of the molecule is CCOC(=O)Cn1ccnc1CNCCc1nccn1CCCN1CCC2(CCN(CC(C)C)CC2)C1. The van der Waals surface area contributed by atoms with E-state index in [1.54, 1.807) is 6.20 Å². The molecule has 0 atom stereocenters. The van der Waals surface area contributed by atoms with E-state index in [-0.39, 0.29) is 12.5 Å². The Morgan fingerprint density at radius 3 is 2.46 bits per heavy atom. The molecule has 1 N–H and O–H groups in total. The minimum absolute atomic E-state index is 0.198. The van der Waals surface area contributed by atoms with Gasteiger partial charge in [0.2, 0.25) is 0 Å². The third kappa shape index (κ3) is 8.12. The van der Waals surface area contributed by atoms with E-state index in [9.17, 15) is 4.79 Å². The molecule has 2 fully saturated rings. The van der Waals surface area contributed by atoms with Crippen LogP contribution in [0, 0.1) is 11.3 Å². The van der Waals surface area contributed by atoms with Crippen LogP contribution in [0.5, 0.6) is 0 Å². The van der Waals surface area contributed by atoms with Crippen molar-refractivity contribution in [3.8, 4) is 0 Å². The molecule has 0 saturated carbocycles. The van der Waals surface area contributed by atoms with E-state index < -0.39 is 0 Å². The molecule has 206 valence electrons. The van der Waals surface area contributed by atoms with Crippen molar-refractivity contribution in [3.05, 3.63) is 36.4 Å². The highest BCUT2D eigenvalue weighted by Gasteiger charge is 2.40. The number of esters is 1. The van der Waals surface area contributed by atoms with E-state index in [0.717, 1.165) is 43.5 Å². The lowest BCUT2D eigenvalue weighted by atomic mass is 9.77. The highest BCUT2D eigenvalue weighted by molar-refractivity contribution is 5.69. The Morgan fingerprint density at radius 2 is 1.73 bits per heavy atom. The number of likely N-dealkylation sites (tertiary alicyclic amines) is 2. The van der Waals surface area contributed by atoms with Crippen LogP contribution in [0.4, 0.5) is 0 Å². The Labute approximate surface area is 222 Å². The second kappa shape index (κ2) is 13.5. The first-order valence-corrected chi connectivity index (χ1v) is 14.3. The molecule has 0 radical (unpaired) electrons. The predicted molar refractivity (Wildman–Crippen MR) is 145 cm³/mol. The fourth-order valence-corrected chi connectivity index (χ4v) is 5.99. The minimum Gasteiger partial charge on any atom is -0.465 e. The van der Waals surface area contributed by atoms with Crippen molar-refractivity contribution in [2.45, 2.75) is 72.5 Å². The summed E-state index contributed by atoms with van der Waals surface area (Å²) in [5.41, 5.74) is 0.574. The maximum Gasteiger partial charge on any atom is 0.325 e. The zero-order valence-corrected chi connectivity index (χ0v) is 23.2. The Hall–Kier alpha value is -2.23. The smallest absolute Gasteiger partial charge is 0.325 e. The lowest BCUT2D eigenvalue weighted by molar-refractivity contribution is -0.143. The fraction of sp³-hybridized carbons (Fsp3) is 0.750. The zero-order valence-electron chi connectivity index (χ0n) is 23.2. The lowest BCUT2D eigenvalue weighted by Crippen LogP contribution is -2.42. The highest BCUT2D eigenvalue weighted by atomic mass is 16.5. The number of hydrogen-bond donors (Lipinski definition) is 1. The molecule has 2 saturated heterocycles. The average Bonchev–Trinajstić information content (AvgIpc) is 3.60. The molecule has 0 amide bonds. The monoisotopic (exact) mass is 513 g/mol. The molecule has 4 heterocycles. The van der Waals surface area contributed by atoms with Crippen molar-refractivity contribution in [2.24, 2.45) is 11.3 Å². The molecular formula is C28H47N7O2. The van der Waals surface area contributed by atoms with Crippen molar-refractivity contribution in [1.29, 1.82) is 0 Å². The van der Waals surface area contributed by atoms with Crippen LogP contribution in [0.2, 0.25) is 0 Å². The molecule has 9 nitrogen and oxygen atoms in total. The lowest BCUT2D eigenvalue weighted by Gasteiger charge is -2.40. The summed E-state index contributed by atoms with van der Waals surface area (Å²) in [6, 6.07) is 0. The second-order valence-electron chi connectivity index (χ2n) is 11.3. The van der Waals surface area contributed by atoms with Crippen molar-refractivity contribution in [1.82, 2.24) is 34.2 Å². The van der Waals surface area contributed by atoms with Crippen LogP contribution in [-0.2, 0) is 35.6 Å². The zero-order chi connectivity index (χ0) is 26.1. The molecule has 2 aliphatic rings. The molecular weight excluding hydrogens is 466 g/mol. The Kier molecular flexibility index (Phi) is 10.2. The maximum atomic E-state index is 11.8. The molecule has 2 aliphatic heterocycles. The number of piperidine rings is 1. The summed E-state index contributed by atoms with van der Waals surface area (Å²) in [6.45, 7) is 17.1. The highest BCUT2D eigenvalue weighted by Crippen LogP contribution is 2.40. The maximum absolute atomic E-state index is 11.8. The van der Waals surface area contributed by atoms with Crippen molar-refractivity contribution in [3.63, 3.8) is 0 Å². The van der Waals surface area contributed by atoms with Gasteiger partial charge < -0.3 is 29.0 Å². The number of aromatic nitrogens is 4. The molecule has 0 aromatic carbocycles. The topological polar surface area (TPSA) is 80.4 Å². The minimum atomic E-state index is -0.236. The number of carbonyl (C=O) groups excluding carboxylic acids is 1. The molecule has 0 aliphatic carbocycles. The van der Waals surface area contributed by atoms with Crippen LogP contribution < -0.4 is 5.32 Å². The summed E-state index contributed by atoms with van der Waals surface area (Å²) in [4.78, 5) is 26.1. The van der Waals surface area contributed by atoms with Crippen LogP contribution >= 0.6 is 0 Å². The predicted octanol–water partition coefficient (Wildman–Crippen LogP) is 2.81. The molecule has 9 heteroatoms. The molecule has 2 aromatic rings. The number of carbonyl (C=O) groups is 1. The third-order valence-electron chi connectivity index (χ3n) is 7.95. The van der Waals surface area contributed by atoms with Crippen molar-refractivity contribution in [2.75, 3.05) is 52.4 Å². The molecule has 1 spiro atoms. The number of nitrogens with zero attached hydrogens (tertiary/aromatic N) is 6. The number of ether oxygens (including phenoxy) is 1. The van der Waals surface area contributed by atoms with E-state index in [1.165, 1.54) is 58.5 Å². The van der Waals surface area contributed by atoms with Crippen molar-refractivity contribution < 1.29 is 9.53 Å². The van der Waals surface area contributed by atoms with Gasteiger partial charge in [-0.1, -0.05) is 13.8 Å². The van der Waals surface area contributed by atoms with Crippen LogP contribution in [0.3, 0.4) is 0 Å². The second-order valence-corrected chi connectivity index (χ2v) is 11.3. The average molecular weight is 514 g/mol. The van der Waals surface area contributed by atoms with Crippen LogP contribution in [0.15, 0.2) is 24.8 Å². The number of nitrogens with one attached hydrogen (secondary N) is 1. The van der Waals surface area contributed by atoms with E-state index in [4.69, 9.17) is 4.74 Å². The van der Waals surface area contributed by atoms with Gasteiger partial charge in [-0.05, 0) is 70.1 Å². The summed E-state index contributed by atoms with van der Waals surface area (Å²) in [5, 5.41) is 3.45. The summed E-state index contributed by atoms with van der Waals surface area (Å²) in [6.07, 6.45) is 13.7. The van der Waals surface area contributed by atoms with Gasteiger partial charge in [0.15, 0.2) is 0 Å².